The van der Waals surface area contributed by atoms with Gasteiger partial charge in [0.1, 0.15) is 5.82 Å². The van der Waals surface area contributed by atoms with Crippen molar-refractivity contribution in [2.45, 2.75) is 12.3 Å². The Hall–Kier alpha value is -3.94. The first-order chi connectivity index (χ1) is 17.7. The Morgan fingerprint density at radius 1 is 1.00 bits per heavy atom. The van der Waals surface area contributed by atoms with E-state index in [0.717, 1.165) is 11.1 Å². The van der Waals surface area contributed by atoms with Crippen molar-refractivity contribution < 1.29 is 19.5 Å². The van der Waals surface area contributed by atoms with Gasteiger partial charge in [0.15, 0.2) is 0 Å². The molecule has 0 fully saturated rings. The van der Waals surface area contributed by atoms with Crippen LogP contribution in [0.1, 0.15) is 39.4 Å². The number of benzene rings is 3. The first-order valence-corrected chi connectivity index (χ1v) is 11.9. The average molecular weight is 539 g/mol. The van der Waals surface area contributed by atoms with Crippen LogP contribution < -0.4 is 5.56 Å². The summed E-state index contributed by atoms with van der Waals surface area (Å²) in [6.45, 7) is 0. The van der Waals surface area contributed by atoms with Crippen LogP contribution in [0.3, 0.4) is 0 Å². The molecule has 0 aliphatic heterocycles. The second kappa shape index (κ2) is 11.0. The van der Waals surface area contributed by atoms with Gasteiger partial charge >= 0.3 is 5.97 Å². The predicted molar refractivity (Wildman–Crippen MR) is 142 cm³/mol. The van der Waals surface area contributed by atoms with E-state index in [0.29, 0.717) is 32.4 Å². The number of rotatable bonds is 7. The molecule has 188 valence electrons. The van der Waals surface area contributed by atoms with E-state index in [4.69, 9.17) is 28.3 Å². The molecule has 0 unspecified atom stereocenters. The molecule has 0 radical (unpaired) electrons. The van der Waals surface area contributed by atoms with Crippen molar-refractivity contribution in [3.63, 3.8) is 0 Å². The van der Waals surface area contributed by atoms with Crippen molar-refractivity contribution in [3.8, 4) is 11.1 Å². The van der Waals surface area contributed by atoms with E-state index in [1.54, 1.807) is 55.7 Å². The number of hydrogen-bond acceptors (Lipinski definition) is 4. The lowest BCUT2D eigenvalue weighted by atomic mass is 9.85. The van der Waals surface area contributed by atoms with Crippen LogP contribution in [0.25, 0.3) is 11.1 Å². The molecule has 0 amide bonds. The fourth-order valence-electron chi connectivity index (χ4n) is 4.14. The zero-order valence-electron chi connectivity index (χ0n) is 19.5. The van der Waals surface area contributed by atoms with Gasteiger partial charge in [0.2, 0.25) is 5.56 Å². The van der Waals surface area contributed by atoms with Gasteiger partial charge in [-0.2, -0.15) is 0 Å². The molecule has 0 saturated heterocycles. The molecule has 6 nitrogen and oxygen atoms in total. The van der Waals surface area contributed by atoms with Crippen LogP contribution in [0.15, 0.2) is 88.9 Å². The minimum atomic E-state index is -1.33. The van der Waals surface area contributed by atoms with Crippen molar-refractivity contribution in [1.29, 1.82) is 0 Å². The van der Waals surface area contributed by atoms with Gasteiger partial charge in [-0.15, -0.1) is 0 Å². The zero-order chi connectivity index (χ0) is 26.7. The zero-order valence-corrected chi connectivity index (χ0v) is 21.0. The lowest BCUT2D eigenvalue weighted by Gasteiger charge is -2.21. The maximum absolute atomic E-state index is 14.2. The Kier molecular flexibility index (Phi) is 7.76. The third-order valence-corrected chi connectivity index (χ3v) is 6.68. The summed E-state index contributed by atoms with van der Waals surface area (Å²) in [5.41, 5.74) is 3.14. The molecule has 9 heteroatoms. The minimum Gasteiger partial charge on any atom is -0.478 e. The number of carboxylic acids is 1. The monoisotopic (exact) mass is 538 g/mol. The van der Waals surface area contributed by atoms with Gasteiger partial charge in [0, 0.05) is 47.3 Å². The fraction of sp³-hybridized carbons (Fsp3) is 0.107. The number of nitrogens with zero attached hydrogens (tertiary/aromatic N) is 2. The number of oxime groups is 1. The Balaban J connectivity index is 1.74. The summed E-state index contributed by atoms with van der Waals surface area (Å²) in [6, 6.07) is 19.4. The number of halogens is 3. The van der Waals surface area contributed by atoms with Crippen molar-refractivity contribution in [1.82, 2.24) is 4.57 Å². The number of carboxylic acid groups (broad SMARTS) is 1. The number of carbonyl (C=O) groups is 1. The summed E-state index contributed by atoms with van der Waals surface area (Å²) in [6.07, 6.45) is 1.84. The molecule has 1 atom stereocenters. The molecule has 4 rings (SSSR count). The van der Waals surface area contributed by atoms with Crippen molar-refractivity contribution in [3.05, 3.63) is 127 Å². The second-order valence-electron chi connectivity index (χ2n) is 8.46. The molecule has 37 heavy (non-hydrogen) atoms. The molecule has 0 aliphatic carbocycles. The normalized spacial score (nSPS) is 12.4. The number of aromatic nitrogens is 1. The summed E-state index contributed by atoms with van der Waals surface area (Å²) in [5.74, 6) is -2.50. The number of pyridine rings is 1. The Labute approximate surface area is 221 Å². The second-order valence-corrected chi connectivity index (χ2v) is 9.30. The molecule has 2 N–H and O–H groups in total. The highest BCUT2D eigenvalue weighted by atomic mass is 35.5. The highest BCUT2D eigenvalue weighted by Gasteiger charge is 2.22. The quantitative estimate of drug-likeness (QED) is 0.157. The Bertz CT molecular complexity index is 1570. The largest absolute Gasteiger partial charge is 0.478 e. The molecule has 1 aromatic heterocycles. The molecule has 3 aromatic carbocycles. The summed E-state index contributed by atoms with van der Waals surface area (Å²) in [5, 5.41) is 23.3. The summed E-state index contributed by atoms with van der Waals surface area (Å²) in [4.78, 5) is 22.9. The Morgan fingerprint density at radius 3 is 2.30 bits per heavy atom. The number of aryl methyl sites for hydroxylation is 1. The van der Waals surface area contributed by atoms with Crippen LogP contribution in [-0.4, -0.2) is 26.6 Å². The van der Waals surface area contributed by atoms with E-state index < -0.39 is 17.3 Å². The molecule has 0 spiro atoms. The minimum absolute atomic E-state index is 0.193. The maximum Gasteiger partial charge on any atom is 0.338 e. The van der Waals surface area contributed by atoms with Crippen LogP contribution in [0.5, 0.6) is 0 Å². The molecule has 4 aromatic rings. The summed E-state index contributed by atoms with van der Waals surface area (Å²) in [7, 11) is 1.61. The molecule has 0 aliphatic rings. The van der Waals surface area contributed by atoms with E-state index in [1.165, 1.54) is 22.8 Å². The molecule has 1 heterocycles. The highest BCUT2D eigenvalue weighted by molar-refractivity contribution is 6.35. The van der Waals surface area contributed by atoms with Gasteiger partial charge in [0.25, 0.3) is 0 Å². The van der Waals surface area contributed by atoms with Gasteiger partial charge in [-0.05, 0) is 52.6 Å². The number of aromatic carboxylic acids is 1. The standard InChI is InChI=1S/C28H21Cl2FN2O4/c1-33-15-19(7-11-27(33)34)26(32-37)14-23(21-10-8-20(29)13-24(21)30)17-4-2-16(3-5-17)18-6-9-22(28(35)36)25(31)12-18/h2-13,15,23,37H,14H2,1H3,(H,35,36)/t23-/m0/s1. The summed E-state index contributed by atoms with van der Waals surface area (Å²) < 4.78 is 15.6. The van der Waals surface area contributed by atoms with Gasteiger partial charge in [-0.25, -0.2) is 9.18 Å². The van der Waals surface area contributed by atoms with Crippen LogP contribution >= 0.6 is 23.2 Å². The fourth-order valence-corrected chi connectivity index (χ4v) is 4.68. The lowest BCUT2D eigenvalue weighted by Crippen LogP contribution is -2.18. The third kappa shape index (κ3) is 5.74. The number of hydrogen-bond donors (Lipinski definition) is 2. The van der Waals surface area contributed by atoms with Crippen molar-refractivity contribution >= 4 is 34.9 Å². The van der Waals surface area contributed by atoms with E-state index in [1.807, 2.05) is 12.1 Å². The Morgan fingerprint density at radius 2 is 1.70 bits per heavy atom. The smallest absolute Gasteiger partial charge is 0.338 e. The SMILES string of the molecule is Cn1cc(C(C[C@@H](c2ccc(-c3ccc(C(=O)O)c(F)c3)cc2)c2ccc(Cl)cc2Cl)=NO)ccc1=O. The molecule has 0 bridgehead atoms. The van der Waals surface area contributed by atoms with Gasteiger partial charge < -0.3 is 14.9 Å². The first-order valence-electron chi connectivity index (χ1n) is 11.1. The third-order valence-electron chi connectivity index (χ3n) is 6.12. The molecular weight excluding hydrogens is 518 g/mol. The van der Waals surface area contributed by atoms with Crippen LogP contribution in [0.4, 0.5) is 4.39 Å². The average Bonchev–Trinajstić information content (AvgIpc) is 2.87. The molecule has 0 saturated carbocycles. The van der Waals surface area contributed by atoms with Crippen LogP contribution in [0, 0.1) is 5.82 Å². The van der Waals surface area contributed by atoms with Crippen LogP contribution in [-0.2, 0) is 7.05 Å². The van der Waals surface area contributed by atoms with Gasteiger partial charge in [-0.1, -0.05) is 64.8 Å². The topological polar surface area (TPSA) is 91.9 Å². The van der Waals surface area contributed by atoms with Gasteiger partial charge in [-0.3, -0.25) is 4.79 Å². The van der Waals surface area contributed by atoms with E-state index >= 15 is 0 Å². The van der Waals surface area contributed by atoms with Gasteiger partial charge in [0.05, 0.1) is 11.3 Å². The van der Waals surface area contributed by atoms with E-state index in [9.17, 15) is 19.2 Å². The predicted octanol–water partition coefficient (Wildman–Crippen LogP) is 6.60. The van der Waals surface area contributed by atoms with Crippen LogP contribution in [0.2, 0.25) is 10.0 Å². The van der Waals surface area contributed by atoms with E-state index in [-0.39, 0.29) is 17.9 Å². The van der Waals surface area contributed by atoms with Crippen molar-refractivity contribution in [2.24, 2.45) is 12.2 Å². The lowest BCUT2D eigenvalue weighted by molar-refractivity contribution is 0.0692. The maximum atomic E-state index is 14.2. The molecular formula is C28H21Cl2FN2O4. The first kappa shape index (κ1) is 26.1. The van der Waals surface area contributed by atoms with Crippen molar-refractivity contribution in [2.75, 3.05) is 0 Å². The summed E-state index contributed by atoms with van der Waals surface area (Å²) >= 11 is 12.7. The van der Waals surface area contributed by atoms with E-state index in [2.05, 4.69) is 5.16 Å². The highest BCUT2D eigenvalue weighted by Crippen LogP contribution is 2.36.